The first-order valence-electron chi connectivity index (χ1n) is 11.5. The quantitative estimate of drug-likeness (QED) is 0.727. The van der Waals surface area contributed by atoms with Gasteiger partial charge >= 0.3 is 0 Å². The van der Waals surface area contributed by atoms with E-state index in [1.54, 1.807) is 6.07 Å². The molecule has 2 saturated heterocycles. The van der Waals surface area contributed by atoms with E-state index in [0.717, 1.165) is 75.8 Å². The maximum absolute atomic E-state index is 13.1. The number of rotatable bonds is 4. The number of amides is 1. The number of ether oxygens (including phenoxy) is 2. The molecule has 2 aromatic rings. The van der Waals surface area contributed by atoms with Crippen molar-refractivity contribution in [3.63, 3.8) is 0 Å². The van der Waals surface area contributed by atoms with Crippen LogP contribution in [0.4, 0.5) is 0 Å². The molecular formula is C24H31N5O3. The van der Waals surface area contributed by atoms with Crippen molar-refractivity contribution < 1.29 is 14.3 Å². The number of likely N-dealkylation sites (tertiary alicyclic amines) is 1. The van der Waals surface area contributed by atoms with Gasteiger partial charge in [0.1, 0.15) is 11.5 Å². The maximum Gasteiger partial charge on any atom is 0.272 e. The molecule has 0 spiro atoms. The summed E-state index contributed by atoms with van der Waals surface area (Å²) in [5.41, 5.74) is 2.62. The molecule has 32 heavy (non-hydrogen) atoms. The van der Waals surface area contributed by atoms with Gasteiger partial charge < -0.3 is 14.4 Å². The second-order valence-corrected chi connectivity index (χ2v) is 8.99. The van der Waals surface area contributed by atoms with Crippen LogP contribution in [0.5, 0.6) is 11.5 Å². The Kier molecular flexibility index (Phi) is 5.97. The number of benzene rings is 1. The van der Waals surface area contributed by atoms with Gasteiger partial charge in [-0.15, -0.1) is 0 Å². The van der Waals surface area contributed by atoms with Crippen LogP contribution in [0.3, 0.4) is 0 Å². The molecule has 170 valence electrons. The molecule has 3 aliphatic rings. The molecule has 0 saturated carbocycles. The summed E-state index contributed by atoms with van der Waals surface area (Å²) < 4.78 is 10.9. The van der Waals surface area contributed by atoms with E-state index in [1.807, 2.05) is 24.8 Å². The summed E-state index contributed by atoms with van der Waals surface area (Å²) in [7, 11) is 0. The summed E-state index contributed by atoms with van der Waals surface area (Å²) in [6, 6.07) is 8.44. The van der Waals surface area contributed by atoms with Crippen LogP contribution in [-0.4, -0.2) is 82.7 Å². The number of hydrogen-bond acceptors (Lipinski definition) is 7. The van der Waals surface area contributed by atoms with Crippen LogP contribution < -0.4 is 9.47 Å². The molecule has 8 heteroatoms. The zero-order valence-electron chi connectivity index (χ0n) is 18.9. The molecule has 0 radical (unpaired) electrons. The summed E-state index contributed by atoms with van der Waals surface area (Å²) in [5.74, 6) is 2.37. The molecule has 2 fully saturated rings. The number of aromatic nitrogens is 2. The number of carbonyl (C=O) groups is 1. The molecule has 5 rings (SSSR count). The molecule has 1 amide bonds. The van der Waals surface area contributed by atoms with Gasteiger partial charge in [-0.3, -0.25) is 14.6 Å². The van der Waals surface area contributed by atoms with Crippen molar-refractivity contribution in [3.8, 4) is 11.5 Å². The lowest BCUT2D eigenvalue weighted by atomic mass is 10.0. The highest BCUT2D eigenvalue weighted by atomic mass is 16.7. The zero-order chi connectivity index (χ0) is 22.1. The first kappa shape index (κ1) is 21.2. The lowest BCUT2D eigenvalue weighted by Crippen LogP contribution is -2.55. The largest absolute Gasteiger partial charge is 0.454 e. The van der Waals surface area contributed by atoms with E-state index < -0.39 is 0 Å². The van der Waals surface area contributed by atoms with E-state index in [-0.39, 0.29) is 5.91 Å². The molecule has 1 aromatic carbocycles. The molecule has 1 atom stereocenters. The van der Waals surface area contributed by atoms with E-state index in [4.69, 9.17) is 9.47 Å². The van der Waals surface area contributed by atoms with E-state index in [1.165, 1.54) is 5.56 Å². The van der Waals surface area contributed by atoms with Gasteiger partial charge in [0.15, 0.2) is 11.5 Å². The Hall–Kier alpha value is -2.71. The van der Waals surface area contributed by atoms with Gasteiger partial charge in [0.25, 0.3) is 5.91 Å². The van der Waals surface area contributed by atoms with Gasteiger partial charge in [0.2, 0.25) is 6.79 Å². The average Bonchev–Trinajstić information content (AvgIpc) is 3.26. The SMILES string of the molecule is Cc1cc(C(=O)N2CCCC(N3CCN(Cc4ccc5c(c4)OCO5)CC3)C2)nc(C)n1. The molecule has 3 aliphatic heterocycles. The van der Waals surface area contributed by atoms with Gasteiger partial charge in [-0.25, -0.2) is 9.97 Å². The first-order chi connectivity index (χ1) is 15.5. The Bertz CT molecular complexity index is 969. The Labute approximate surface area is 189 Å². The zero-order valence-corrected chi connectivity index (χ0v) is 18.9. The van der Waals surface area contributed by atoms with Crippen molar-refractivity contribution in [2.24, 2.45) is 0 Å². The van der Waals surface area contributed by atoms with Crippen LogP contribution >= 0.6 is 0 Å². The molecule has 0 aliphatic carbocycles. The van der Waals surface area contributed by atoms with Gasteiger partial charge in [-0.05, 0) is 50.5 Å². The van der Waals surface area contributed by atoms with Crippen molar-refractivity contribution in [3.05, 3.63) is 47.0 Å². The minimum absolute atomic E-state index is 0.0322. The van der Waals surface area contributed by atoms with Crippen molar-refractivity contribution in [2.75, 3.05) is 46.1 Å². The van der Waals surface area contributed by atoms with Crippen molar-refractivity contribution in [1.82, 2.24) is 24.7 Å². The topological polar surface area (TPSA) is 71.0 Å². The summed E-state index contributed by atoms with van der Waals surface area (Å²) in [4.78, 5) is 28.8. The van der Waals surface area contributed by atoms with E-state index in [0.29, 0.717) is 24.4 Å². The summed E-state index contributed by atoms with van der Waals surface area (Å²) in [6.45, 7) is 10.7. The van der Waals surface area contributed by atoms with Crippen LogP contribution in [0.25, 0.3) is 0 Å². The molecule has 1 aromatic heterocycles. The predicted molar refractivity (Wildman–Crippen MR) is 120 cm³/mol. The molecule has 0 bridgehead atoms. The first-order valence-corrected chi connectivity index (χ1v) is 11.5. The fourth-order valence-electron chi connectivity index (χ4n) is 5.01. The number of nitrogens with zero attached hydrogens (tertiary/aromatic N) is 5. The Morgan fingerprint density at radius 3 is 2.66 bits per heavy atom. The Morgan fingerprint density at radius 2 is 1.84 bits per heavy atom. The number of carbonyl (C=O) groups excluding carboxylic acids is 1. The molecular weight excluding hydrogens is 406 g/mol. The predicted octanol–water partition coefficient (Wildman–Crippen LogP) is 2.24. The average molecular weight is 438 g/mol. The minimum Gasteiger partial charge on any atom is -0.454 e. The van der Waals surface area contributed by atoms with Gasteiger partial charge in [-0.2, -0.15) is 0 Å². The van der Waals surface area contributed by atoms with Crippen molar-refractivity contribution >= 4 is 5.91 Å². The molecule has 1 unspecified atom stereocenters. The minimum atomic E-state index is 0.0322. The Morgan fingerprint density at radius 1 is 1.03 bits per heavy atom. The van der Waals surface area contributed by atoms with Crippen LogP contribution in [-0.2, 0) is 6.54 Å². The highest BCUT2D eigenvalue weighted by molar-refractivity contribution is 5.92. The molecule has 8 nitrogen and oxygen atoms in total. The summed E-state index contributed by atoms with van der Waals surface area (Å²) in [6.07, 6.45) is 2.19. The highest BCUT2D eigenvalue weighted by Gasteiger charge is 2.31. The monoisotopic (exact) mass is 437 g/mol. The second-order valence-electron chi connectivity index (χ2n) is 8.99. The van der Waals surface area contributed by atoms with E-state index >= 15 is 0 Å². The second kappa shape index (κ2) is 9.03. The smallest absolute Gasteiger partial charge is 0.272 e. The van der Waals surface area contributed by atoms with Crippen molar-refractivity contribution in [1.29, 1.82) is 0 Å². The number of piperazine rings is 1. The fourth-order valence-corrected chi connectivity index (χ4v) is 5.01. The third-order valence-electron chi connectivity index (χ3n) is 6.64. The Balaban J connectivity index is 1.15. The fraction of sp³-hybridized carbons (Fsp3) is 0.542. The number of aryl methyl sites for hydroxylation is 2. The lowest BCUT2D eigenvalue weighted by molar-refractivity contribution is 0.0404. The van der Waals surface area contributed by atoms with Crippen LogP contribution in [0.2, 0.25) is 0 Å². The van der Waals surface area contributed by atoms with E-state index in [2.05, 4.69) is 31.9 Å². The van der Waals surface area contributed by atoms with E-state index in [9.17, 15) is 4.79 Å². The maximum atomic E-state index is 13.1. The highest BCUT2D eigenvalue weighted by Crippen LogP contribution is 2.33. The van der Waals surface area contributed by atoms with Crippen LogP contribution in [0.1, 0.15) is 40.4 Å². The van der Waals surface area contributed by atoms with Crippen molar-refractivity contribution in [2.45, 2.75) is 39.3 Å². The summed E-state index contributed by atoms with van der Waals surface area (Å²) >= 11 is 0. The normalized spacial score (nSPS) is 21.7. The number of piperidine rings is 1. The molecule has 4 heterocycles. The number of hydrogen-bond donors (Lipinski definition) is 0. The van der Waals surface area contributed by atoms with Crippen LogP contribution in [0, 0.1) is 13.8 Å². The van der Waals surface area contributed by atoms with Gasteiger partial charge in [0.05, 0.1) is 0 Å². The van der Waals surface area contributed by atoms with Gasteiger partial charge in [0, 0.05) is 57.5 Å². The van der Waals surface area contributed by atoms with Crippen LogP contribution in [0.15, 0.2) is 24.3 Å². The third-order valence-corrected chi connectivity index (χ3v) is 6.64. The standard InChI is InChI=1S/C24H31N5O3/c1-17-12-21(26-18(2)25-17)24(30)29-7-3-4-20(15-29)28-10-8-27(9-11-28)14-19-5-6-22-23(13-19)32-16-31-22/h5-6,12-13,20H,3-4,7-11,14-16H2,1-2H3. The molecule has 0 N–H and O–H groups in total. The van der Waals surface area contributed by atoms with Gasteiger partial charge in [-0.1, -0.05) is 6.07 Å². The summed E-state index contributed by atoms with van der Waals surface area (Å²) in [5, 5.41) is 0. The number of fused-ring (bicyclic) bond motifs is 1. The lowest BCUT2D eigenvalue weighted by Gasteiger charge is -2.43. The third kappa shape index (κ3) is 4.56.